The van der Waals surface area contributed by atoms with E-state index in [0.717, 1.165) is 24.7 Å². The van der Waals surface area contributed by atoms with Crippen molar-refractivity contribution in [1.82, 2.24) is 0 Å². The van der Waals surface area contributed by atoms with Crippen LogP contribution < -0.4 is 0 Å². The van der Waals surface area contributed by atoms with Crippen molar-refractivity contribution in [1.29, 1.82) is 0 Å². The highest BCUT2D eigenvalue weighted by Gasteiger charge is 1.91. The topological polar surface area (TPSA) is 17.1 Å². The van der Waals surface area contributed by atoms with Gasteiger partial charge in [0.05, 0.1) is 0 Å². The Morgan fingerprint density at radius 2 is 1.92 bits per heavy atom. The van der Waals surface area contributed by atoms with Gasteiger partial charge in [-0.3, -0.25) is 4.79 Å². The third-order valence-electron chi connectivity index (χ3n) is 1.95. The highest BCUT2D eigenvalue weighted by Crippen LogP contribution is 2.05. The first-order chi connectivity index (χ1) is 6.36. The molecule has 0 N–H and O–H groups in total. The van der Waals surface area contributed by atoms with Crippen molar-refractivity contribution in [3.8, 4) is 0 Å². The average molecular weight is 174 g/mol. The first kappa shape index (κ1) is 9.72. The molecule has 0 amide bonds. The van der Waals surface area contributed by atoms with Crippen LogP contribution in [0.25, 0.3) is 0 Å². The predicted octanol–water partition coefficient (Wildman–Crippen LogP) is 3.01. The highest BCUT2D eigenvalue weighted by molar-refractivity contribution is 5.74. The molecular formula is C12H14O. The van der Waals surface area contributed by atoms with E-state index < -0.39 is 0 Å². The lowest BCUT2D eigenvalue weighted by molar-refractivity contribution is 0.112. The first-order valence-electron chi connectivity index (χ1n) is 4.52. The van der Waals surface area contributed by atoms with Crippen LogP contribution in [0.1, 0.15) is 29.3 Å². The van der Waals surface area contributed by atoms with Gasteiger partial charge in [-0.15, -0.1) is 0 Å². The summed E-state index contributed by atoms with van der Waals surface area (Å²) in [6, 6.07) is 7.73. The van der Waals surface area contributed by atoms with Gasteiger partial charge in [0.25, 0.3) is 0 Å². The van der Waals surface area contributed by atoms with Crippen LogP contribution in [0, 0.1) is 0 Å². The molecule has 0 heterocycles. The van der Waals surface area contributed by atoms with Gasteiger partial charge in [-0.2, -0.15) is 0 Å². The predicted molar refractivity (Wildman–Crippen MR) is 55.0 cm³/mol. The molecule has 0 atom stereocenters. The number of hydrogen-bond donors (Lipinski definition) is 0. The number of benzene rings is 1. The van der Waals surface area contributed by atoms with Crippen LogP contribution in [0.2, 0.25) is 0 Å². The van der Waals surface area contributed by atoms with E-state index in [0.29, 0.717) is 0 Å². The molecule has 13 heavy (non-hydrogen) atoms. The molecule has 1 rings (SSSR count). The molecule has 0 bridgehead atoms. The number of allylic oxidation sites excluding steroid dienone is 2. The van der Waals surface area contributed by atoms with Gasteiger partial charge in [-0.05, 0) is 25.3 Å². The summed E-state index contributed by atoms with van der Waals surface area (Å²) in [7, 11) is 0. The van der Waals surface area contributed by atoms with Gasteiger partial charge >= 0.3 is 0 Å². The Hall–Kier alpha value is -1.37. The maximum Gasteiger partial charge on any atom is 0.150 e. The highest BCUT2D eigenvalue weighted by atomic mass is 16.1. The standard InChI is InChI=1S/C12H14O/c1-2-3-4-5-11-6-8-12(10-13)9-7-11/h2-3,6-10H,4-5H2,1H3. The third kappa shape index (κ3) is 3.24. The Bertz CT molecular complexity index is 282. The summed E-state index contributed by atoms with van der Waals surface area (Å²) in [5, 5.41) is 0. The van der Waals surface area contributed by atoms with Crippen LogP contribution in [0.4, 0.5) is 0 Å². The molecule has 0 saturated carbocycles. The molecule has 0 aliphatic heterocycles. The second kappa shape index (κ2) is 5.31. The third-order valence-corrected chi connectivity index (χ3v) is 1.95. The Balaban J connectivity index is 2.53. The van der Waals surface area contributed by atoms with Gasteiger partial charge in [-0.1, -0.05) is 36.4 Å². The molecule has 68 valence electrons. The van der Waals surface area contributed by atoms with Crippen LogP contribution in [0.5, 0.6) is 0 Å². The maximum atomic E-state index is 10.4. The quantitative estimate of drug-likeness (QED) is 0.506. The smallest absolute Gasteiger partial charge is 0.150 e. The summed E-state index contributed by atoms with van der Waals surface area (Å²) in [6.07, 6.45) is 7.18. The summed E-state index contributed by atoms with van der Waals surface area (Å²) in [4.78, 5) is 10.4. The second-order valence-electron chi connectivity index (χ2n) is 2.97. The Labute approximate surface area is 79.1 Å². The molecular weight excluding hydrogens is 160 g/mol. The van der Waals surface area contributed by atoms with E-state index >= 15 is 0 Å². The largest absolute Gasteiger partial charge is 0.298 e. The van der Waals surface area contributed by atoms with Crippen molar-refractivity contribution in [2.45, 2.75) is 19.8 Å². The molecule has 1 nitrogen and oxygen atoms in total. The zero-order chi connectivity index (χ0) is 9.52. The van der Waals surface area contributed by atoms with Gasteiger partial charge < -0.3 is 0 Å². The van der Waals surface area contributed by atoms with E-state index in [1.807, 2.05) is 31.2 Å². The molecule has 0 unspecified atom stereocenters. The van der Waals surface area contributed by atoms with Gasteiger partial charge in [0.15, 0.2) is 0 Å². The van der Waals surface area contributed by atoms with Gasteiger partial charge in [0, 0.05) is 5.56 Å². The summed E-state index contributed by atoms with van der Waals surface area (Å²) < 4.78 is 0. The Kier molecular flexibility index (Phi) is 3.97. The summed E-state index contributed by atoms with van der Waals surface area (Å²) in [6.45, 7) is 2.02. The minimum absolute atomic E-state index is 0.745. The molecule has 1 heteroatoms. The molecule has 0 aliphatic rings. The molecule has 0 fully saturated rings. The van der Waals surface area contributed by atoms with Crippen LogP contribution in [0.15, 0.2) is 36.4 Å². The number of rotatable bonds is 4. The zero-order valence-corrected chi connectivity index (χ0v) is 7.86. The lowest BCUT2D eigenvalue weighted by Gasteiger charge is -1.97. The molecule has 0 aliphatic carbocycles. The van der Waals surface area contributed by atoms with Crippen LogP contribution >= 0.6 is 0 Å². The summed E-state index contributed by atoms with van der Waals surface area (Å²) in [5.74, 6) is 0. The van der Waals surface area contributed by atoms with Crippen molar-refractivity contribution in [3.63, 3.8) is 0 Å². The fourth-order valence-corrected chi connectivity index (χ4v) is 1.18. The fraction of sp³-hybridized carbons (Fsp3) is 0.250. The average Bonchev–Trinajstić information content (AvgIpc) is 2.19. The number of aldehydes is 1. The summed E-state index contributed by atoms with van der Waals surface area (Å²) in [5.41, 5.74) is 2.03. The van der Waals surface area contributed by atoms with E-state index in [9.17, 15) is 4.79 Å². The van der Waals surface area contributed by atoms with Crippen LogP contribution in [-0.2, 0) is 6.42 Å². The van der Waals surface area contributed by atoms with Gasteiger partial charge in [-0.25, -0.2) is 0 Å². The molecule has 0 aromatic heterocycles. The Morgan fingerprint density at radius 3 is 2.46 bits per heavy atom. The summed E-state index contributed by atoms with van der Waals surface area (Å²) >= 11 is 0. The number of hydrogen-bond acceptors (Lipinski definition) is 1. The molecule has 1 aromatic carbocycles. The molecule has 0 spiro atoms. The number of carbonyl (C=O) groups excluding carboxylic acids is 1. The van der Waals surface area contributed by atoms with Crippen LogP contribution in [0.3, 0.4) is 0 Å². The van der Waals surface area contributed by atoms with Crippen molar-refractivity contribution < 1.29 is 4.79 Å². The normalized spacial score (nSPS) is 10.5. The fourth-order valence-electron chi connectivity index (χ4n) is 1.18. The van der Waals surface area contributed by atoms with E-state index in [4.69, 9.17) is 0 Å². The van der Waals surface area contributed by atoms with Crippen molar-refractivity contribution in [2.24, 2.45) is 0 Å². The van der Waals surface area contributed by atoms with Crippen molar-refractivity contribution in [3.05, 3.63) is 47.5 Å². The van der Waals surface area contributed by atoms with Crippen molar-refractivity contribution in [2.75, 3.05) is 0 Å². The molecule has 0 saturated heterocycles. The lowest BCUT2D eigenvalue weighted by Crippen LogP contribution is -1.84. The number of carbonyl (C=O) groups is 1. The Morgan fingerprint density at radius 1 is 1.23 bits per heavy atom. The monoisotopic (exact) mass is 174 g/mol. The van der Waals surface area contributed by atoms with Crippen LogP contribution in [-0.4, -0.2) is 6.29 Å². The van der Waals surface area contributed by atoms with Gasteiger partial charge in [0.2, 0.25) is 0 Å². The van der Waals surface area contributed by atoms with Crippen molar-refractivity contribution >= 4 is 6.29 Å². The van der Waals surface area contributed by atoms with E-state index in [1.165, 1.54) is 5.56 Å². The van der Waals surface area contributed by atoms with E-state index in [1.54, 1.807) is 0 Å². The first-order valence-corrected chi connectivity index (χ1v) is 4.52. The second-order valence-corrected chi connectivity index (χ2v) is 2.97. The minimum atomic E-state index is 0.745. The molecule has 1 aromatic rings. The lowest BCUT2D eigenvalue weighted by atomic mass is 10.1. The minimum Gasteiger partial charge on any atom is -0.298 e. The number of aryl methyl sites for hydroxylation is 1. The zero-order valence-electron chi connectivity index (χ0n) is 7.86. The van der Waals surface area contributed by atoms with E-state index in [2.05, 4.69) is 12.2 Å². The molecule has 0 radical (unpaired) electrons. The SMILES string of the molecule is CC=CCCc1ccc(C=O)cc1. The van der Waals surface area contributed by atoms with Gasteiger partial charge in [0.1, 0.15) is 6.29 Å². The maximum absolute atomic E-state index is 10.4. The van der Waals surface area contributed by atoms with E-state index in [-0.39, 0.29) is 0 Å².